The normalized spacial score (nSPS) is 15.0. The number of ether oxygens (including phenoxy) is 3. The highest BCUT2D eigenvalue weighted by atomic mass is 28.4. The summed E-state index contributed by atoms with van der Waals surface area (Å²) in [5.41, 5.74) is 1.09. The molecule has 4 rings (SSSR count). The van der Waals surface area contributed by atoms with Gasteiger partial charge in [-0.2, -0.15) is 0 Å². The van der Waals surface area contributed by atoms with Gasteiger partial charge in [-0.1, -0.05) is 151 Å². The van der Waals surface area contributed by atoms with Crippen LogP contribution in [0.15, 0.2) is 127 Å². The fraction of sp³-hybridized carbons (Fsp3) is 0.481. The van der Waals surface area contributed by atoms with E-state index in [0.29, 0.717) is 39.3 Å². The van der Waals surface area contributed by atoms with Crippen molar-refractivity contribution in [2.24, 2.45) is 0 Å². The van der Waals surface area contributed by atoms with Gasteiger partial charge in [-0.05, 0) is 102 Å². The molecule has 3 atom stereocenters. The molecule has 0 unspecified atom stereocenters. The Bertz CT molecular complexity index is 1910. The van der Waals surface area contributed by atoms with E-state index in [0.717, 1.165) is 16.9 Å². The van der Waals surface area contributed by atoms with Crippen LogP contribution in [0.5, 0.6) is 5.75 Å². The molecule has 10 heteroatoms. The van der Waals surface area contributed by atoms with Gasteiger partial charge in [0.15, 0.2) is 22.4 Å². The first kappa shape index (κ1) is 51.2. The molecular formula is C52H76O7Si3. The zero-order valence-corrected chi connectivity index (χ0v) is 43.1. The van der Waals surface area contributed by atoms with Gasteiger partial charge >= 0.3 is 0 Å². The van der Waals surface area contributed by atoms with Gasteiger partial charge in [0.2, 0.25) is 0 Å². The highest BCUT2D eigenvalue weighted by Crippen LogP contribution is 2.42. The highest BCUT2D eigenvalue weighted by Gasteiger charge is 2.52. The first-order valence-corrected chi connectivity index (χ1v) is 30.5. The van der Waals surface area contributed by atoms with E-state index in [2.05, 4.69) is 154 Å². The number of benzene rings is 4. The molecule has 0 saturated heterocycles. The van der Waals surface area contributed by atoms with E-state index in [-0.39, 0.29) is 22.3 Å². The van der Waals surface area contributed by atoms with Crippen LogP contribution in [0.3, 0.4) is 0 Å². The molecule has 0 heterocycles. The number of hydrogen-bond donors (Lipinski definition) is 0. The number of methoxy groups -OCH3 is 1. The topological polar surface area (TPSA) is 72.5 Å². The Morgan fingerprint density at radius 2 is 1.19 bits per heavy atom. The number of hydrogen-bond acceptors (Lipinski definition) is 7. The van der Waals surface area contributed by atoms with Crippen molar-refractivity contribution in [1.29, 1.82) is 0 Å². The summed E-state index contributed by atoms with van der Waals surface area (Å²) >= 11 is 0. The molecule has 0 N–H and O–H groups in total. The van der Waals surface area contributed by atoms with Crippen molar-refractivity contribution >= 4 is 41.1 Å². The van der Waals surface area contributed by atoms with Gasteiger partial charge in [0, 0.05) is 13.0 Å². The molecule has 0 aliphatic rings. The third kappa shape index (κ3) is 14.5. The summed E-state index contributed by atoms with van der Waals surface area (Å²) in [7, 11) is -5.92. The van der Waals surface area contributed by atoms with Crippen LogP contribution in [0.2, 0.25) is 42.8 Å². The lowest BCUT2D eigenvalue weighted by Crippen LogP contribution is -2.67. The summed E-state index contributed by atoms with van der Waals surface area (Å²) in [6.45, 7) is 28.7. The van der Waals surface area contributed by atoms with E-state index in [9.17, 15) is 4.79 Å². The Hall–Kier alpha value is -3.46. The molecule has 0 aromatic heterocycles. The maximum absolute atomic E-state index is 14.2. The van der Waals surface area contributed by atoms with Crippen LogP contribution in [-0.4, -0.2) is 68.9 Å². The molecule has 0 saturated carbocycles. The van der Waals surface area contributed by atoms with Crippen LogP contribution in [-0.2, 0) is 40.8 Å². The second kappa shape index (κ2) is 22.4. The van der Waals surface area contributed by atoms with Gasteiger partial charge in [-0.15, -0.1) is 0 Å². The van der Waals surface area contributed by atoms with E-state index in [1.165, 1.54) is 10.4 Å². The van der Waals surface area contributed by atoms with Gasteiger partial charge in [-0.3, -0.25) is 4.79 Å². The molecule has 0 spiro atoms. The maximum Gasteiger partial charge on any atom is 0.261 e. The lowest BCUT2D eigenvalue weighted by Gasteiger charge is -2.48. The van der Waals surface area contributed by atoms with Crippen molar-refractivity contribution in [2.75, 3.05) is 20.3 Å². The fourth-order valence-electron chi connectivity index (χ4n) is 7.93. The lowest BCUT2D eigenvalue weighted by molar-refractivity contribution is -0.152. The van der Waals surface area contributed by atoms with Crippen molar-refractivity contribution in [1.82, 2.24) is 0 Å². The average molecular weight is 897 g/mol. The number of rotatable bonds is 24. The summed E-state index contributed by atoms with van der Waals surface area (Å²) in [6, 6.07) is 39.6. The quantitative estimate of drug-likeness (QED) is 0.0394. The van der Waals surface area contributed by atoms with Crippen LogP contribution in [0, 0.1) is 0 Å². The van der Waals surface area contributed by atoms with E-state index in [1.54, 1.807) is 13.2 Å². The van der Waals surface area contributed by atoms with Crippen molar-refractivity contribution < 1.29 is 32.3 Å². The lowest BCUT2D eigenvalue weighted by atomic mass is 9.88. The summed E-state index contributed by atoms with van der Waals surface area (Å²) in [5.74, 6) is 0.790. The molecular weight excluding hydrogens is 821 g/mol. The summed E-state index contributed by atoms with van der Waals surface area (Å²) in [4.78, 5) is 14.2. The summed E-state index contributed by atoms with van der Waals surface area (Å²) in [6.07, 6.45) is 3.85. The van der Waals surface area contributed by atoms with Gasteiger partial charge < -0.3 is 27.5 Å². The molecule has 0 amide bonds. The first-order valence-electron chi connectivity index (χ1n) is 22.3. The Labute approximate surface area is 377 Å². The molecule has 62 heavy (non-hydrogen) atoms. The minimum Gasteiger partial charge on any atom is -0.497 e. The van der Waals surface area contributed by atoms with Gasteiger partial charge in [0.05, 0.1) is 38.6 Å². The van der Waals surface area contributed by atoms with Crippen molar-refractivity contribution in [3.05, 3.63) is 139 Å². The Balaban J connectivity index is 1.71. The first-order chi connectivity index (χ1) is 29.1. The minimum atomic E-state index is -2.86. The smallest absolute Gasteiger partial charge is 0.261 e. The number of carbonyl (C=O) groups excluding carboxylic acids is 1. The number of allylic oxidation sites excluding steroid dienone is 1. The van der Waals surface area contributed by atoms with E-state index >= 15 is 0 Å². The second-order valence-electron chi connectivity index (χ2n) is 20.2. The van der Waals surface area contributed by atoms with Crippen molar-refractivity contribution in [3.8, 4) is 5.75 Å². The monoisotopic (exact) mass is 896 g/mol. The van der Waals surface area contributed by atoms with Crippen LogP contribution < -0.4 is 15.1 Å². The van der Waals surface area contributed by atoms with Crippen LogP contribution >= 0.6 is 0 Å². The second-order valence-corrected chi connectivity index (χ2v) is 33.7. The SMILES string of the molecule is COc1ccc(COCC/C=C/C(=O)C[C@@](C)(O[Si](C)(C)C)[C@@H](OCc2ccccc2)[C@H](CCO[Si](c2ccccc2)(c2ccccc2)C(C)(C)C)O[Si](C)(C)C(C)(C)C)cc1. The number of ketones is 1. The third-order valence-electron chi connectivity index (χ3n) is 11.8. The molecule has 4 aromatic carbocycles. The van der Waals surface area contributed by atoms with E-state index < -0.39 is 42.8 Å². The molecule has 0 bridgehead atoms. The van der Waals surface area contributed by atoms with Gasteiger partial charge in [-0.25, -0.2) is 0 Å². The predicted molar refractivity (Wildman–Crippen MR) is 264 cm³/mol. The molecule has 0 aliphatic heterocycles. The maximum atomic E-state index is 14.2. The highest BCUT2D eigenvalue weighted by molar-refractivity contribution is 6.99. The Morgan fingerprint density at radius 1 is 0.661 bits per heavy atom. The van der Waals surface area contributed by atoms with Gasteiger partial charge in [0.1, 0.15) is 11.9 Å². The van der Waals surface area contributed by atoms with Crippen LogP contribution in [0.25, 0.3) is 0 Å². The van der Waals surface area contributed by atoms with Crippen molar-refractivity contribution in [3.63, 3.8) is 0 Å². The third-order valence-corrected chi connectivity index (χ3v) is 22.5. The number of carbonyl (C=O) groups is 1. The van der Waals surface area contributed by atoms with Crippen LogP contribution in [0.4, 0.5) is 0 Å². The Morgan fingerprint density at radius 3 is 1.69 bits per heavy atom. The fourth-order valence-corrected chi connectivity index (χ4v) is 15.4. The minimum absolute atomic E-state index is 0.0242. The Kier molecular flexibility index (Phi) is 18.5. The standard InChI is InChI=1S/C52H76O7Si3/c1-50(2,3)61(12,13)58-48(36-38-57-62(51(4,5)6,46-28-19-15-20-29-46)47-30-21-16-22-31-47)49(56-41-42-25-17-14-18-26-42)52(7,59-60(9,10)11)39-44(53)27-23-24-37-55-40-43-32-34-45(54-8)35-33-43/h14-23,25-35,48-49H,24,36-41H2,1-13H3/b27-23+/t48-,49-,52+/m0/s1. The largest absolute Gasteiger partial charge is 0.497 e. The molecule has 338 valence electrons. The molecule has 0 radical (unpaired) electrons. The zero-order valence-electron chi connectivity index (χ0n) is 40.1. The van der Waals surface area contributed by atoms with Crippen molar-refractivity contribution in [2.45, 2.75) is 142 Å². The summed E-state index contributed by atoms with van der Waals surface area (Å²) in [5, 5.41) is 2.18. The molecule has 7 nitrogen and oxygen atoms in total. The zero-order chi connectivity index (χ0) is 45.7. The van der Waals surface area contributed by atoms with Gasteiger partial charge in [0.25, 0.3) is 8.32 Å². The molecule has 0 fully saturated rings. The average Bonchev–Trinajstić information content (AvgIpc) is 3.20. The molecule has 0 aliphatic carbocycles. The molecule has 4 aromatic rings. The van der Waals surface area contributed by atoms with E-state index in [1.807, 2.05) is 48.5 Å². The summed E-state index contributed by atoms with van der Waals surface area (Å²) < 4.78 is 40.6. The van der Waals surface area contributed by atoms with E-state index in [4.69, 9.17) is 27.5 Å². The van der Waals surface area contributed by atoms with Crippen LogP contribution in [0.1, 0.15) is 78.9 Å². The predicted octanol–water partition coefficient (Wildman–Crippen LogP) is 11.7.